The Kier molecular flexibility index (Phi) is 3.61. The molecule has 1 heterocycles. The van der Waals surface area contributed by atoms with Gasteiger partial charge in [0.25, 0.3) is 0 Å². The number of hydrogen-bond acceptors (Lipinski definition) is 2. The summed E-state index contributed by atoms with van der Waals surface area (Å²) in [6, 6.07) is 4.99. The van der Waals surface area contributed by atoms with Gasteiger partial charge in [0.05, 0.1) is 6.04 Å². The fourth-order valence-electron chi connectivity index (χ4n) is 2.36. The second-order valence-corrected chi connectivity index (χ2v) is 5.07. The molecule has 1 aromatic rings. The molecule has 17 heavy (non-hydrogen) atoms. The quantitative estimate of drug-likeness (QED) is 0.900. The minimum absolute atomic E-state index is 0.0843. The maximum atomic E-state index is 11.7. The summed E-state index contributed by atoms with van der Waals surface area (Å²) in [6.45, 7) is 2.58. The van der Waals surface area contributed by atoms with Crippen molar-refractivity contribution in [3.05, 3.63) is 33.8 Å². The zero-order valence-electron chi connectivity index (χ0n) is 9.49. The predicted molar refractivity (Wildman–Crippen MR) is 69.2 cm³/mol. The highest BCUT2D eigenvalue weighted by Crippen LogP contribution is 2.34. The van der Waals surface area contributed by atoms with Crippen LogP contribution in [0, 0.1) is 0 Å². The van der Waals surface area contributed by atoms with Crippen molar-refractivity contribution in [3.8, 4) is 0 Å². The molecule has 1 aromatic carbocycles. The van der Waals surface area contributed by atoms with Gasteiger partial charge in [-0.2, -0.15) is 0 Å². The Hall–Kier alpha value is -0.770. The Morgan fingerprint density at radius 2 is 1.94 bits per heavy atom. The van der Waals surface area contributed by atoms with Crippen LogP contribution in [0.4, 0.5) is 0 Å². The predicted octanol–water partition coefficient (Wildman–Crippen LogP) is 2.61. The van der Waals surface area contributed by atoms with E-state index in [4.69, 9.17) is 28.9 Å². The van der Waals surface area contributed by atoms with Gasteiger partial charge in [0.15, 0.2) is 0 Å². The molecule has 0 radical (unpaired) electrons. The number of benzene rings is 1. The fraction of sp³-hybridized carbons (Fsp3) is 0.417. The molecule has 2 N–H and O–H groups in total. The summed E-state index contributed by atoms with van der Waals surface area (Å²) < 4.78 is 0. The van der Waals surface area contributed by atoms with Gasteiger partial charge in [-0.05, 0) is 30.7 Å². The van der Waals surface area contributed by atoms with Crippen molar-refractivity contribution in [3.63, 3.8) is 0 Å². The first-order valence-corrected chi connectivity index (χ1v) is 6.29. The molecule has 1 amide bonds. The van der Waals surface area contributed by atoms with Crippen LogP contribution >= 0.6 is 23.2 Å². The van der Waals surface area contributed by atoms with E-state index < -0.39 is 0 Å². The van der Waals surface area contributed by atoms with Crippen molar-refractivity contribution in [1.29, 1.82) is 0 Å². The SMILES string of the molecule is CCN1C(=O)CC(N)C1c1cc(Cl)cc(Cl)c1. The summed E-state index contributed by atoms with van der Waals surface area (Å²) >= 11 is 11.9. The van der Waals surface area contributed by atoms with Crippen LogP contribution in [0.25, 0.3) is 0 Å². The van der Waals surface area contributed by atoms with Gasteiger partial charge in [-0.25, -0.2) is 0 Å². The van der Waals surface area contributed by atoms with E-state index in [1.54, 1.807) is 11.0 Å². The van der Waals surface area contributed by atoms with Gasteiger partial charge >= 0.3 is 0 Å². The van der Waals surface area contributed by atoms with Crippen LogP contribution in [-0.2, 0) is 4.79 Å². The van der Waals surface area contributed by atoms with E-state index in [0.29, 0.717) is 23.0 Å². The first-order valence-electron chi connectivity index (χ1n) is 5.54. The standard InChI is InChI=1S/C12H14Cl2N2O/c1-2-16-11(17)6-10(15)12(16)7-3-8(13)5-9(14)4-7/h3-5,10,12H,2,6,15H2,1H3. The van der Waals surface area contributed by atoms with E-state index in [1.165, 1.54) is 0 Å². The Morgan fingerprint density at radius 3 is 2.47 bits per heavy atom. The number of likely N-dealkylation sites (tertiary alicyclic amines) is 1. The molecule has 2 atom stereocenters. The Labute approximate surface area is 110 Å². The summed E-state index contributed by atoms with van der Waals surface area (Å²) in [7, 11) is 0. The maximum absolute atomic E-state index is 11.7. The molecule has 92 valence electrons. The van der Waals surface area contributed by atoms with E-state index in [0.717, 1.165) is 5.56 Å². The lowest BCUT2D eigenvalue weighted by Gasteiger charge is -2.26. The monoisotopic (exact) mass is 272 g/mol. The summed E-state index contributed by atoms with van der Waals surface area (Å²) in [4.78, 5) is 13.5. The third kappa shape index (κ3) is 2.41. The molecule has 2 rings (SSSR count). The third-order valence-corrected chi connectivity index (χ3v) is 3.48. The van der Waals surface area contributed by atoms with Gasteiger partial charge in [-0.1, -0.05) is 23.2 Å². The highest BCUT2D eigenvalue weighted by atomic mass is 35.5. The number of nitrogens with zero attached hydrogens (tertiary/aromatic N) is 1. The number of amides is 1. The number of nitrogens with two attached hydrogens (primary N) is 1. The first kappa shape index (κ1) is 12.7. The van der Waals surface area contributed by atoms with Crippen LogP contribution in [0.3, 0.4) is 0 Å². The van der Waals surface area contributed by atoms with E-state index in [1.807, 2.05) is 19.1 Å². The molecule has 1 aliphatic rings. The summed E-state index contributed by atoms with van der Waals surface area (Å²) in [5.41, 5.74) is 6.92. The molecule has 5 heteroatoms. The third-order valence-electron chi connectivity index (χ3n) is 3.04. The summed E-state index contributed by atoms with van der Waals surface area (Å²) in [5.74, 6) is 0.0843. The van der Waals surface area contributed by atoms with Gasteiger partial charge in [0.2, 0.25) is 5.91 Å². The van der Waals surface area contributed by atoms with Crippen molar-refractivity contribution in [2.75, 3.05) is 6.54 Å². The Balaban J connectivity index is 2.40. The lowest BCUT2D eigenvalue weighted by Crippen LogP contribution is -2.32. The maximum Gasteiger partial charge on any atom is 0.224 e. The molecule has 0 aromatic heterocycles. The highest BCUT2D eigenvalue weighted by molar-refractivity contribution is 6.34. The molecular formula is C12H14Cl2N2O. The molecule has 0 saturated carbocycles. The van der Waals surface area contributed by atoms with Gasteiger partial charge in [0.1, 0.15) is 0 Å². The molecule has 0 bridgehead atoms. The van der Waals surface area contributed by atoms with Crippen molar-refractivity contribution in [1.82, 2.24) is 4.90 Å². The van der Waals surface area contributed by atoms with E-state index in [9.17, 15) is 4.79 Å². The van der Waals surface area contributed by atoms with Crippen LogP contribution in [0.2, 0.25) is 10.0 Å². The second-order valence-electron chi connectivity index (χ2n) is 4.20. The lowest BCUT2D eigenvalue weighted by molar-refractivity contribution is -0.128. The molecule has 1 fully saturated rings. The van der Waals surface area contributed by atoms with Crippen LogP contribution in [0.15, 0.2) is 18.2 Å². The highest BCUT2D eigenvalue weighted by Gasteiger charge is 2.37. The smallest absolute Gasteiger partial charge is 0.224 e. The van der Waals surface area contributed by atoms with Crippen molar-refractivity contribution >= 4 is 29.1 Å². The van der Waals surface area contributed by atoms with Gasteiger partial charge < -0.3 is 10.6 Å². The largest absolute Gasteiger partial charge is 0.334 e. The molecular weight excluding hydrogens is 259 g/mol. The molecule has 1 aliphatic heterocycles. The number of carbonyl (C=O) groups is 1. The lowest BCUT2D eigenvalue weighted by atomic mass is 10.0. The van der Waals surface area contributed by atoms with Crippen LogP contribution in [-0.4, -0.2) is 23.4 Å². The second kappa shape index (κ2) is 4.84. The minimum atomic E-state index is -0.197. The van der Waals surface area contributed by atoms with Crippen LogP contribution in [0.5, 0.6) is 0 Å². The van der Waals surface area contributed by atoms with Gasteiger partial charge in [0, 0.05) is 29.1 Å². The minimum Gasteiger partial charge on any atom is -0.334 e. The van der Waals surface area contributed by atoms with Crippen molar-refractivity contribution < 1.29 is 4.79 Å². The van der Waals surface area contributed by atoms with Crippen LogP contribution < -0.4 is 5.73 Å². The number of likely N-dealkylation sites (N-methyl/N-ethyl adjacent to an activating group) is 1. The average molecular weight is 273 g/mol. The van der Waals surface area contributed by atoms with E-state index in [2.05, 4.69) is 0 Å². The summed E-state index contributed by atoms with van der Waals surface area (Å²) in [6.07, 6.45) is 0.378. The number of hydrogen-bond donors (Lipinski definition) is 1. The molecule has 1 saturated heterocycles. The van der Waals surface area contributed by atoms with E-state index >= 15 is 0 Å². The molecule has 3 nitrogen and oxygen atoms in total. The normalized spacial score (nSPS) is 24.5. The van der Waals surface area contributed by atoms with Gasteiger partial charge in [-0.3, -0.25) is 4.79 Å². The average Bonchev–Trinajstić information content (AvgIpc) is 2.51. The van der Waals surface area contributed by atoms with Crippen LogP contribution in [0.1, 0.15) is 24.9 Å². The number of carbonyl (C=O) groups excluding carboxylic acids is 1. The molecule has 0 aliphatic carbocycles. The topological polar surface area (TPSA) is 46.3 Å². The van der Waals surface area contributed by atoms with Crippen molar-refractivity contribution in [2.45, 2.75) is 25.4 Å². The Bertz CT molecular complexity index is 430. The number of halogens is 2. The fourth-order valence-corrected chi connectivity index (χ4v) is 2.91. The number of rotatable bonds is 2. The zero-order chi connectivity index (χ0) is 12.6. The molecule has 2 unspecified atom stereocenters. The van der Waals surface area contributed by atoms with Crippen molar-refractivity contribution in [2.24, 2.45) is 5.73 Å². The van der Waals surface area contributed by atoms with Gasteiger partial charge in [-0.15, -0.1) is 0 Å². The zero-order valence-corrected chi connectivity index (χ0v) is 11.0. The first-order chi connectivity index (χ1) is 8.02. The summed E-state index contributed by atoms with van der Waals surface area (Å²) in [5, 5.41) is 1.13. The molecule has 0 spiro atoms. The Morgan fingerprint density at radius 1 is 1.35 bits per heavy atom. The van der Waals surface area contributed by atoms with E-state index in [-0.39, 0.29) is 18.0 Å².